The van der Waals surface area contributed by atoms with Crippen molar-refractivity contribution >= 4 is 29.4 Å². The molecule has 2 heterocycles. The van der Waals surface area contributed by atoms with Crippen LogP contribution in [0.25, 0.3) is 0 Å². The van der Waals surface area contributed by atoms with Gasteiger partial charge < -0.3 is 24.7 Å². The van der Waals surface area contributed by atoms with Crippen LogP contribution < -0.4 is 0 Å². The molecule has 1 aromatic rings. The summed E-state index contributed by atoms with van der Waals surface area (Å²) in [6, 6.07) is 10.0. The number of aliphatic carboxylic acids is 2. The van der Waals surface area contributed by atoms with E-state index >= 15 is 0 Å². The molecule has 0 atom stereocenters. The Hall–Kier alpha value is -3.20. The number of guanidine groups is 1. The smallest absolute Gasteiger partial charge is 0.328 e. The van der Waals surface area contributed by atoms with Crippen LogP contribution in [0.15, 0.2) is 52.5 Å². The number of carboxylic acids is 2. The van der Waals surface area contributed by atoms with E-state index in [0.717, 1.165) is 56.8 Å². The minimum atomic E-state index is -1.26. The van der Waals surface area contributed by atoms with Crippen LogP contribution in [0, 0.1) is 0 Å². The first-order chi connectivity index (χ1) is 14.0. The molecule has 1 aromatic carbocycles. The van der Waals surface area contributed by atoms with Crippen LogP contribution in [0.4, 0.5) is 5.69 Å². The third kappa shape index (κ3) is 8.14. The number of likely N-dealkylation sites (tertiary alicyclic amines) is 1. The third-order valence-electron chi connectivity index (χ3n) is 4.21. The number of carboxylic acid groups (broad SMARTS) is 2. The predicted molar refractivity (Wildman–Crippen MR) is 110 cm³/mol. The number of aliphatic imine (C=N–C) groups is 2. The third-order valence-corrected chi connectivity index (χ3v) is 4.21. The first kappa shape index (κ1) is 22.1. The molecule has 9 heteroatoms. The zero-order chi connectivity index (χ0) is 21.1. The number of carbonyl (C=O) groups is 2. The highest BCUT2D eigenvalue weighted by molar-refractivity contribution is 5.97. The van der Waals surface area contributed by atoms with Gasteiger partial charge in [0.05, 0.1) is 18.9 Å². The summed E-state index contributed by atoms with van der Waals surface area (Å²) in [5.74, 6) is -0.566. The van der Waals surface area contributed by atoms with Crippen LogP contribution >= 0.6 is 0 Å². The predicted octanol–water partition coefficient (Wildman–Crippen LogP) is 1.84. The number of para-hydroxylation sites is 1. The zero-order valence-electron chi connectivity index (χ0n) is 16.4. The second kappa shape index (κ2) is 11.6. The molecule has 0 aliphatic carbocycles. The molecule has 3 rings (SSSR count). The summed E-state index contributed by atoms with van der Waals surface area (Å²) in [6.45, 7) is 4.28. The maximum absolute atomic E-state index is 9.55. The van der Waals surface area contributed by atoms with Gasteiger partial charge in [-0.2, -0.15) is 4.99 Å². The highest BCUT2D eigenvalue weighted by atomic mass is 16.5. The minimum Gasteiger partial charge on any atom is -0.478 e. The lowest BCUT2D eigenvalue weighted by Crippen LogP contribution is -2.40. The van der Waals surface area contributed by atoms with E-state index in [4.69, 9.17) is 24.9 Å². The van der Waals surface area contributed by atoms with Crippen LogP contribution in [0.5, 0.6) is 0 Å². The zero-order valence-corrected chi connectivity index (χ0v) is 16.4. The van der Waals surface area contributed by atoms with Gasteiger partial charge in [0.1, 0.15) is 5.84 Å². The molecule has 0 spiro atoms. The number of nitrogens with zero attached hydrogens (tertiary/aromatic N) is 4. The van der Waals surface area contributed by atoms with Crippen LogP contribution in [-0.2, 0) is 14.3 Å². The van der Waals surface area contributed by atoms with Crippen molar-refractivity contribution in [1.29, 1.82) is 0 Å². The number of hydrogen-bond donors (Lipinski definition) is 2. The van der Waals surface area contributed by atoms with Crippen molar-refractivity contribution in [1.82, 2.24) is 9.80 Å². The van der Waals surface area contributed by atoms with Gasteiger partial charge in [0.15, 0.2) is 0 Å². The highest BCUT2D eigenvalue weighted by Gasteiger charge is 2.19. The molecule has 2 N–H and O–H groups in total. The molecule has 29 heavy (non-hydrogen) atoms. The van der Waals surface area contributed by atoms with E-state index in [9.17, 15) is 9.59 Å². The number of ether oxygens (including phenoxy) is 1. The molecule has 0 bridgehead atoms. The molecule has 0 saturated carbocycles. The molecule has 0 unspecified atom stereocenters. The second-order valence-corrected chi connectivity index (χ2v) is 6.41. The monoisotopic (exact) mass is 402 g/mol. The van der Waals surface area contributed by atoms with Crippen molar-refractivity contribution in [3.63, 3.8) is 0 Å². The van der Waals surface area contributed by atoms with Gasteiger partial charge in [0.25, 0.3) is 0 Å². The molecule has 2 aliphatic heterocycles. The summed E-state index contributed by atoms with van der Waals surface area (Å²) in [7, 11) is 2.10. The largest absolute Gasteiger partial charge is 0.478 e. The lowest BCUT2D eigenvalue weighted by molar-refractivity contribution is -0.134. The first-order valence-electron chi connectivity index (χ1n) is 9.35. The summed E-state index contributed by atoms with van der Waals surface area (Å²) >= 11 is 0. The van der Waals surface area contributed by atoms with E-state index in [0.29, 0.717) is 12.2 Å². The molecule has 2 fully saturated rings. The van der Waals surface area contributed by atoms with Crippen LogP contribution in [0.3, 0.4) is 0 Å². The van der Waals surface area contributed by atoms with Crippen molar-refractivity contribution in [3.8, 4) is 0 Å². The number of benzene rings is 1. The lowest BCUT2D eigenvalue weighted by Gasteiger charge is -2.28. The highest BCUT2D eigenvalue weighted by Crippen LogP contribution is 2.15. The summed E-state index contributed by atoms with van der Waals surface area (Å²) in [6.07, 6.45) is 3.33. The van der Waals surface area contributed by atoms with E-state index in [2.05, 4.69) is 16.8 Å². The fraction of sp³-hybridized carbons (Fsp3) is 0.400. The number of rotatable bonds is 3. The Labute approximate surface area is 169 Å². The van der Waals surface area contributed by atoms with Crippen molar-refractivity contribution in [2.75, 3.05) is 39.9 Å². The van der Waals surface area contributed by atoms with Crippen molar-refractivity contribution in [3.05, 3.63) is 42.5 Å². The van der Waals surface area contributed by atoms with Crippen molar-refractivity contribution in [2.24, 2.45) is 9.98 Å². The summed E-state index contributed by atoms with van der Waals surface area (Å²) < 4.78 is 5.44. The van der Waals surface area contributed by atoms with Gasteiger partial charge >= 0.3 is 11.9 Å². The fourth-order valence-corrected chi connectivity index (χ4v) is 2.74. The Kier molecular flexibility index (Phi) is 8.84. The van der Waals surface area contributed by atoms with Gasteiger partial charge in [-0.25, -0.2) is 14.6 Å². The Morgan fingerprint density at radius 3 is 2.17 bits per heavy atom. The van der Waals surface area contributed by atoms with Gasteiger partial charge in [0.2, 0.25) is 5.96 Å². The number of hydrogen-bond acceptors (Lipinski definition) is 4. The molecule has 2 aliphatic rings. The van der Waals surface area contributed by atoms with Gasteiger partial charge in [-0.15, -0.1) is 0 Å². The number of amidine groups is 1. The Morgan fingerprint density at radius 2 is 1.66 bits per heavy atom. The molecule has 2 saturated heterocycles. The van der Waals surface area contributed by atoms with Gasteiger partial charge in [-0.05, 0) is 18.6 Å². The standard InChI is InChI=1S/C16H22N4O.C4H4O4/c1-19-9-5-8-15(19)18-16(20-10-12-21-13-11-20)17-14-6-3-2-4-7-14;5-3(6)1-2-4(7)8/h2-4,6-7H,5,8-13H2,1H3;1-2H,(H,5,6)(H,7,8)/b17-16?,18-15-;2-1+. The van der Waals surface area contributed by atoms with E-state index in [1.165, 1.54) is 6.42 Å². The molecule has 0 amide bonds. The van der Waals surface area contributed by atoms with Crippen molar-refractivity contribution in [2.45, 2.75) is 12.8 Å². The normalized spacial score (nSPS) is 18.7. The molecule has 0 radical (unpaired) electrons. The lowest BCUT2D eigenvalue weighted by atomic mass is 10.3. The first-order valence-corrected chi connectivity index (χ1v) is 9.35. The molecule has 9 nitrogen and oxygen atoms in total. The van der Waals surface area contributed by atoms with E-state index in [-0.39, 0.29) is 0 Å². The molecule has 0 aromatic heterocycles. The van der Waals surface area contributed by atoms with E-state index < -0.39 is 11.9 Å². The van der Waals surface area contributed by atoms with Crippen LogP contribution in [0.1, 0.15) is 12.8 Å². The Balaban J connectivity index is 0.000000321. The minimum absolute atomic E-state index is 0.558. The van der Waals surface area contributed by atoms with E-state index in [1.54, 1.807) is 0 Å². The summed E-state index contributed by atoms with van der Waals surface area (Å²) in [5.41, 5.74) is 0.948. The summed E-state index contributed by atoms with van der Waals surface area (Å²) in [5, 5.41) is 15.6. The van der Waals surface area contributed by atoms with Gasteiger partial charge in [-0.1, -0.05) is 18.2 Å². The number of morpholine rings is 1. The van der Waals surface area contributed by atoms with Crippen molar-refractivity contribution < 1.29 is 24.5 Å². The van der Waals surface area contributed by atoms with Crippen LogP contribution in [-0.4, -0.2) is 83.6 Å². The average molecular weight is 402 g/mol. The van der Waals surface area contributed by atoms with Crippen LogP contribution in [0.2, 0.25) is 0 Å². The fourth-order valence-electron chi connectivity index (χ4n) is 2.74. The molecular formula is C20H26N4O5. The topological polar surface area (TPSA) is 115 Å². The van der Waals surface area contributed by atoms with E-state index in [1.807, 2.05) is 30.3 Å². The maximum Gasteiger partial charge on any atom is 0.328 e. The van der Waals surface area contributed by atoms with Gasteiger partial charge in [-0.3, -0.25) is 0 Å². The van der Waals surface area contributed by atoms with Gasteiger partial charge in [0, 0.05) is 45.3 Å². The molecular weight excluding hydrogens is 376 g/mol. The second-order valence-electron chi connectivity index (χ2n) is 6.41. The summed E-state index contributed by atoms with van der Waals surface area (Å²) in [4.78, 5) is 33.1. The average Bonchev–Trinajstić information content (AvgIpc) is 3.12. The Bertz CT molecular complexity index is 754. The quantitative estimate of drug-likeness (QED) is 0.450. The SMILES string of the molecule is CN1CCC/C1=N/C(=Nc1ccccc1)N1CCOCC1.O=C(O)/C=C/C(=O)O. The molecule has 156 valence electrons. The maximum atomic E-state index is 9.55. The Morgan fingerprint density at radius 1 is 1.03 bits per heavy atom.